The van der Waals surface area contributed by atoms with Crippen LogP contribution >= 0.6 is 0 Å². The average molecular weight is 391 g/mol. The smallest absolute Gasteiger partial charge is 0.156 e. The maximum Gasteiger partial charge on any atom is 0.156 e. The minimum Gasteiger partial charge on any atom is -0.493 e. The van der Waals surface area contributed by atoms with E-state index in [9.17, 15) is 0 Å². The Labute approximate surface area is 169 Å². The van der Waals surface area contributed by atoms with Crippen molar-refractivity contribution in [3.63, 3.8) is 0 Å². The molecule has 0 N–H and O–H groups in total. The number of hydrogen-bond acceptors (Lipinski definition) is 5. The van der Waals surface area contributed by atoms with E-state index in [0.29, 0.717) is 12.6 Å². The van der Waals surface area contributed by atoms with Crippen molar-refractivity contribution in [1.29, 1.82) is 0 Å². The third-order valence-electron chi connectivity index (χ3n) is 5.72. The summed E-state index contributed by atoms with van der Waals surface area (Å²) in [7, 11) is 1.65. The Kier molecular flexibility index (Phi) is 4.47. The molecule has 1 aliphatic heterocycles. The van der Waals surface area contributed by atoms with Gasteiger partial charge in [-0.25, -0.2) is 4.98 Å². The van der Waals surface area contributed by atoms with Gasteiger partial charge in [0.05, 0.1) is 49.4 Å². The van der Waals surface area contributed by atoms with Crippen LogP contribution < -0.4 is 4.74 Å². The summed E-state index contributed by atoms with van der Waals surface area (Å²) in [4.78, 5) is 9.63. The van der Waals surface area contributed by atoms with E-state index in [4.69, 9.17) is 14.5 Å². The lowest BCUT2D eigenvalue weighted by Gasteiger charge is -2.30. The molecule has 5 rings (SSSR count). The van der Waals surface area contributed by atoms with E-state index in [1.807, 2.05) is 17.1 Å². The van der Waals surface area contributed by atoms with Gasteiger partial charge in [0.15, 0.2) is 5.75 Å². The molecule has 1 fully saturated rings. The predicted molar refractivity (Wildman–Crippen MR) is 111 cm³/mol. The molecule has 3 aromatic heterocycles. The second kappa shape index (κ2) is 7.15. The van der Waals surface area contributed by atoms with Crippen molar-refractivity contribution < 1.29 is 9.47 Å². The fourth-order valence-corrected chi connectivity index (χ4v) is 4.33. The Balaban J connectivity index is 1.71. The van der Waals surface area contributed by atoms with Crippen LogP contribution in [0.4, 0.5) is 0 Å². The summed E-state index contributed by atoms with van der Waals surface area (Å²) in [6, 6.07) is 6.75. The molecule has 29 heavy (non-hydrogen) atoms. The average Bonchev–Trinajstić information content (AvgIpc) is 3.32. The molecule has 1 aromatic carbocycles. The van der Waals surface area contributed by atoms with Gasteiger partial charge in [0.1, 0.15) is 11.3 Å². The summed E-state index contributed by atoms with van der Waals surface area (Å²) in [5.41, 5.74) is 4.30. The van der Waals surface area contributed by atoms with Crippen molar-refractivity contribution >= 4 is 21.9 Å². The number of ether oxygens (including phenoxy) is 2. The normalized spacial score (nSPS) is 19.8. The number of aryl methyl sites for hydroxylation is 1. The van der Waals surface area contributed by atoms with E-state index in [1.54, 1.807) is 13.3 Å². The number of aromatic nitrogens is 5. The van der Waals surface area contributed by atoms with Gasteiger partial charge in [0.2, 0.25) is 0 Å². The lowest BCUT2D eigenvalue weighted by Crippen LogP contribution is -2.27. The lowest BCUT2D eigenvalue weighted by molar-refractivity contribution is 0.00619. The zero-order chi connectivity index (χ0) is 20.0. The highest BCUT2D eigenvalue weighted by Gasteiger charge is 2.26. The molecular weight excluding hydrogens is 366 g/mol. The maximum absolute atomic E-state index is 5.82. The molecule has 150 valence electrons. The van der Waals surface area contributed by atoms with Crippen molar-refractivity contribution in [2.45, 2.75) is 45.4 Å². The zero-order valence-corrected chi connectivity index (χ0v) is 17.0. The number of imidazole rings is 1. The molecule has 0 radical (unpaired) electrons. The van der Waals surface area contributed by atoms with E-state index >= 15 is 0 Å². The number of nitrogens with zero attached hydrogens (tertiary/aromatic N) is 5. The minimum atomic E-state index is 0.235. The number of pyridine rings is 1. The second-order valence-electron chi connectivity index (χ2n) is 7.85. The molecule has 0 aliphatic carbocycles. The van der Waals surface area contributed by atoms with E-state index in [2.05, 4.69) is 46.7 Å². The molecule has 1 saturated heterocycles. The van der Waals surface area contributed by atoms with E-state index in [0.717, 1.165) is 53.0 Å². The molecule has 7 heteroatoms. The monoisotopic (exact) mass is 391 g/mol. The molecule has 2 atom stereocenters. The molecule has 4 aromatic rings. The van der Waals surface area contributed by atoms with E-state index in [-0.39, 0.29) is 6.10 Å². The van der Waals surface area contributed by atoms with Crippen LogP contribution in [0.3, 0.4) is 0 Å². The highest BCUT2D eigenvalue weighted by Crippen LogP contribution is 2.34. The molecule has 0 unspecified atom stereocenters. The van der Waals surface area contributed by atoms with Gasteiger partial charge >= 0.3 is 0 Å². The lowest BCUT2D eigenvalue weighted by atomic mass is 10.0. The van der Waals surface area contributed by atoms with Crippen LogP contribution in [0.15, 0.2) is 36.8 Å². The number of methoxy groups -OCH3 is 1. The van der Waals surface area contributed by atoms with Crippen LogP contribution in [-0.4, -0.2) is 44.1 Å². The van der Waals surface area contributed by atoms with Crippen LogP contribution in [0, 0.1) is 6.92 Å². The van der Waals surface area contributed by atoms with Gasteiger partial charge in [0.25, 0.3) is 0 Å². The Hall–Kier alpha value is -2.93. The number of fused-ring (bicyclic) bond motifs is 3. The molecule has 0 bridgehead atoms. The Bertz CT molecular complexity index is 1180. The standard InChI is InChI=1S/C22H25N5O2/c1-14-4-5-19-18(8-14)22-20(11-23-19)25-21(13-26-12-17(28-3)10-24-26)27(22)16-6-7-29-15(2)9-16/h4-5,8,10-12,15-16H,6-7,9,13H2,1-3H3/t15-,16-/m1/s1. The first-order valence-corrected chi connectivity index (χ1v) is 10.1. The van der Waals surface area contributed by atoms with Gasteiger partial charge in [0, 0.05) is 18.0 Å². The van der Waals surface area contributed by atoms with Gasteiger partial charge in [-0.2, -0.15) is 5.10 Å². The predicted octanol–water partition coefficient (Wildman–Crippen LogP) is 3.89. The Morgan fingerprint density at radius 1 is 1.24 bits per heavy atom. The Morgan fingerprint density at radius 2 is 2.14 bits per heavy atom. The van der Waals surface area contributed by atoms with Crippen molar-refractivity contribution in [2.24, 2.45) is 0 Å². The van der Waals surface area contributed by atoms with Crippen molar-refractivity contribution in [3.8, 4) is 5.75 Å². The fraction of sp³-hybridized carbons (Fsp3) is 0.409. The molecule has 7 nitrogen and oxygen atoms in total. The number of benzene rings is 1. The summed E-state index contributed by atoms with van der Waals surface area (Å²) in [6.07, 6.45) is 7.69. The van der Waals surface area contributed by atoms with Gasteiger partial charge in [-0.15, -0.1) is 0 Å². The summed E-state index contributed by atoms with van der Waals surface area (Å²) in [5, 5.41) is 5.58. The molecular formula is C22H25N5O2. The van der Waals surface area contributed by atoms with Crippen LogP contribution in [0.25, 0.3) is 21.9 Å². The van der Waals surface area contributed by atoms with Crippen LogP contribution in [-0.2, 0) is 11.3 Å². The highest BCUT2D eigenvalue weighted by atomic mass is 16.5. The van der Waals surface area contributed by atoms with Gasteiger partial charge in [-0.1, -0.05) is 11.6 Å². The van der Waals surface area contributed by atoms with Gasteiger partial charge in [-0.3, -0.25) is 9.67 Å². The Morgan fingerprint density at radius 3 is 2.93 bits per heavy atom. The van der Waals surface area contributed by atoms with E-state index < -0.39 is 0 Å². The minimum absolute atomic E-state index is 0.235. The number of hydrogen-bond donors (Lipinski definition) is 0. The summed E-state index contributed by atoms with van der Waals surface area (Å²) >= 11 is 0. The molecule has 4 heterocycles. The first-order valence-electron chi connectivity index (χ1n) is 10.1. The first-order chi connectivity index (χ1) is 14.1. The zero-order valence-electron chi connectivity index (χ0n) is 17.0. The first kappa shape index (κ1) is 18.1. The summed E-state index contributed by atoms with van der Waals surface area (Å²) in [6.45, 7) is 5.61. The molecule has 0 saturated carbocycles. The third-order valence-corrected chi connectivity index (χ3v) is 5.72. The molecule has 1 aliphatic rings. The van der Waals surface area contributed by atoms with Gasteiger partial charge < -0.3 is 14.0 Å². The molecule has 0 spiro atoms. The van der Waals surface area contributed by atoms with E-state index in [1.165, 1.54) is 5.56 Å². The quantitative estimate of drug-likeness (QED) is 0.528. The fourth-order valence-electron chi connectivity index (χ4n) is 4.33. The van der Waals surface area contributed by atoms with Crippen molar-refractivity contribution in [1.82, 2.24) is 24.3 Å². The van der Waals surface area contributed by atoms with Crippen LogP contribution in [0.2, 0.25) is 0 Å². The summed E-state index contributed by atoms with van der Waals surface area (Å²) < 4.78 is 15.4. The third kappa shape index (κ3) is 3.25. The number of rotatable bonds is 4. The van der Waals surface area contributed by atoms with Crippen molar-refractivity contribution in [2.75, 3.05) is 13.7 Å². The van der Waals surface area contributed by atoms with Crippen molar-refractivity contribution in [3.05, 3.63) is 48.2 Å². The molecule has 0 amide bonds. The highest BCUT2D eigenvalue weighted by molar-refractivity contribution is 6.02. The van der Waals surface area contributed by atoms with Crippen LogP contribution in [0.1, 0.15) is 37.2 Å². The largest absolute Gasteiger partial charge is 0.493 e. The topological polar surface area (TPSA) is 67.0 Å². The summed E-state index contributed by atoms with van der Waals surface area (Å²) in [5.74, 6) is 1.73. The SMILES string of the molecule is COc1cnn(Cc2nc3cnc4ccc(C)cc4c3n2[C@@H]2CCO[C@H](C)C2)c1. The van der Waals surface area contributed by atoms with Gasteiger partial charge in [-0.05, 0) is 38.8 Å². The maximum atomic E-state index is 5.82. The van der Waals surface area contributed by atoms with Crippen LogP contribution in [0.5, 0.6) is 5.75 Å². The second-order valence-corrected chi connectivity index (χ2v) is 7.85.